The first kappa shape index (κ1) is 22.0. The topological polar surface area (TPSA) is 95.9 Å². The Labute approximate surface area is 171 Å². The highest BCUT2D eigenvalue weighted by Gasteiger charge is 2.43. The minimum absolute atomic E-state index is 0.00903. The van der Waals surface area contributed by atoms with Crippen molar-refractivity contribution in [1.29, 1.82) is 0 Å². The van der Waals surface area contributed by atoms with E-state index in [1.54, 1.807) is 19.1 Å². The van der Waals surface area contributed by atoms with Gasteiger partial charge in [0.25, 0.3) is 0 Å². The Kier molecular flexibility index (Phi) is 6.80. The monoisotopic (exact) mass is 428 g/mol. The third-order valence-corrected chi connectivity index (χ3v) is 6.71. The molecule has 1 saturated heterocycles. The zero-order valence-corrected chi connectivity index (χ0v) is 17.6. The molecule has 0 unspecified atom stereocenters. The van der Waals surface area contributed by atoms with E-state index in [9.17, 15) is 22.7 Å². The van der Waals surface area contributed by atoms with Crippen LogP contribution in [0.1, 0.15) is 50.5 Å². The molecule has 1 saturated carbocycles. The normalized spacial score (nSPS) is 30.4. The number of carboxylic acid groups (broad SMARTS) is 1. The maximum atomic E-state index is 13.5. The lowest BCUT2D eigenvalue weighted by Gasteiger charge is -2.32. The van der Waals surface area contributed by atoms with Crippen molar-refractivity contribution in [3.05, 3.63) is 35.6 Å². The van der Waals surface area contributed by atoms with E-state index in [1.165, 1.54) is 11.0 Å². The quantitative estimate of drug-likeness (QED) is 0.726. The molecule has 1 heterocycles. The maximum Gasteiger partial charge on any atom is 0.407 e. The van der Waals surface area contributed by atoms with Crippen LogP contribution in [0.5, 0.6) is 0 Å². The highest BCUT2D eigenvalue weighted by molar-refractivity contribution is 7.88. The van der Waals surface area contributed by atoms with Crippen LogP contribution >= 0.6 is 0 Å². The summed E-state index contributed by atoms with van der Waals surface area (Å²) in [5, 5.41) is 9.55. The summed E-state index contributed by atoms with van der Waals surface area (Å²) in [6.07, 6.45) is 3.78. The Bertz CT molecular complexity index is 826. The molecular formula is C20H29FN2O5S. The van der Waals surface area contributed by atoms with E-state index in [2.05, 4.69) is 4.72 Å². The summed E-state index contributed by atoms with van der Waals surface area (Å²) in [5.41, 5.74) is 1.00. The molecule has 29 heavy (non-hydrogen) atoms. The van der Waals surface area contributed by atoms with Gasteiger partial charge in [-0.05, 0) is 62.6 Å². The number of nitrogens with zero attached hydrogens (tertiary/aromatic N) is 1. The van der Waals surface area contributed by atoms with Crippen LogP contribution in [0, 0.1) is 5.82 Å². The number of rotatable bonds is 6. The number of amides is 1. The van der Waals surface area contributed by atoms with Gasteiger partial charge in [-0.15, -0.1) is 0 Å². The Hall–Kier alpha value is -1.71. The minimum atomic E-state index is -3.45. The lowest BCUT2D eigenvalue weighted by atomic mass is 9.82. The molecular weight excluding hydrogens is 399 g/mol. The van der Waals surface area contributed by atoms with Crippen molar-refractivity contribution in [1.82, 2.24) is 9.62 Å². The maximum absolute atomic E-state index is 13.5. The highest BCUT2D eigenvalue weighted by atomic mass is 32.2. The molecule has 1 aliphatic heterocycles. The molecule has 0 aromatic heterocycles. The van der Waals surface area contributed by atoms with E-state index in [4.69, 9.17) is 4.74 Å². The van der Waals surface area contributed by atoms with E-state index in [0.29, 0.717) is 12.3 Å². The summed E-state index contributed by atoms with van der Waals surface area (Å²) in [6.45, 7) is 1.93. The number of likely N-dealkylation sites (tertiary alicyclic amines) is 1. The number of hydrogen-bond acceptors (Lipinski definition) is 4. The van der Waals surface area contributed by atoms with Crippen molar-refractivity contribution < 1.29 is 27.4 Å². The standard InChI is InChI=1S/C20H29FN2O5S/c1-13-10-18(22-29(2,26)27)19(23(13)20(24)25)12-28-17-8-6-14(7-9-17)15-4-3-5-16(21)11-15/h3-5,11,13-14,17-19,22H,6-10,12H2,1-2H3,(H,24,25)/t13-,14?,17?,18+,19+/m1/s1. The van der Waals surface area contributed by atoms with Crippen molar-refractivity contribution >= 4 is 16.1 Å². The zero-order valence-electron chi connectivity index (χ0n) is 16.8. The summed E-state index contributed by atoms with van der Waals surface area (Å²) in [4.78, 5) is 13.0. The number of carbonyl (C=O) groups is 1. The number of halogens is 1. The number of ether oxygens (including phenoxy) is 1. The third kappa shape index (κ3) is 5.67. The number of nitrogens with one attached hydrogen (secondary N) is 1. The van der Waals surface area contributed by atoms with Gasteiger partial charge in [0.1, 0.15) is 5.82 Å². The van der Waals surface area contributed by atoms with Crippen molar-refractivity contribution in [3.63, 3.8) is 0 Å². The molecule has 2 N–H and O–H groups in total. The smallest absolute Gasteiger partial charge is 0.407 e. The molecule has 0 bridgehead atoms. The molecule has 9 heteroatoms. The van der Waals surface area contributed by atoms with E-state index >= 15 is 0 Å². The molecule has 3 atom stereocenters. The summed E-state index contributed by atoms with van der Waals surface area (Å²) in [6, 6.07) is 5.35. The third-order valence-electron chi connectivity index (χ3n) is 5.97. The first-order chi connectivity index (χ1) is 13.6. The Morgan fingerprint density at radius 2 is 2.00 bits per heavy atom. The van der Waals surface area contributed by atoms with Gasteiger partial charge >= 0.3 is 6.09 Å². The average molecular weight is 429 g/mol. The largest absolute Gasteiger partial charge is 0.465 e. The summed E-state index contributed by atoms with van der Waals surface area (Å²) in [7, 11) is -3.45. The van der Waals surface area contributed by atoms with Crippen LogP contribution in [0.15, 0.2) is 24.3 Å². The van der Waals surface area contributed by atoms with Gasteiger partial charge < -0.3 is 9.84 Å². The van der Waals surface area contributed by atoms with Gasteiger partial charge in [0.2, 0.25) is 10.0 Å². The first-order valence-corrected chi connectivity index (χ1v) is 11.9. The lowest BCUT2D eigenvalue weighted by Crippen LogP contribution is -2.50. The summed E-state index contributed by atoms with van der Waals surface area (Å²) >= 11 is 0. The lowest BCUT2D eigenvalue weighted by molar-refractivity contribution is -0.00702. The second-order valence-electron chi connectivity index (χ2n) is 8.20. The second-order valence-corrected chi connectivity index (χ2v) is 9.98. The van der Waals surface area contributed by atoms with Crippen LogP contribution in [-0.2, 0) is 14.8 Å². The highest BCUT2D eigenvalue weighted by Crippen LogP contribution is 2.35. The summed E-state index contributed by atoms with van der Waals surface area (Å²) in [5.74, 6) is 0.0710. The van der Waals surface area contributed by atoms with Crippen molar-refractivity contribution in [3.8, 4) is 0 Å². The Morgan fingerprint density at radius 3 is 2.59 bits per heavy atom. The van der Waals surface area contributed by atoms with Crippen LogP contribution in [0.25, 0.3) is 0 Å². The molecule has 1 aliphatic carbocycles. The number of benzene rings is 1. The Morgan fingerprint density at radius 1 is 1.31 bits per heavy atom. The van der Waals surface area contributed by atoms with Gasteiger partial charge in [-0.2, -0.15) is 0 Å². The van der Waals surface area contributed by atoms with E-state index in [-0.39, 0.29) is 24.6 Å². The second kappa shape index (κ2) is 8.97. The number of sulfonamides is 1. The van der Waals surface area contributed by atoms with Crippen LogP contribution < -0.4 is 4.72 Å². The van der Waals surface area contributed by atoms with Crippen LogP contribution in [0.2, 0.25) is 0 Å². The molecule has 162 valence electrons. The van der Waals surface area contributed by atoms with Gasteiger partial charge in [-0.25, -0.2) is 22.3 Å². The molecule has 1 aromatic carbocycles. The van der Waals surface area contributed by atoms with Crippen molar-refractivity contribution in [2.45, 2.75) is 69.2 Å². The van der Waals surface area contributed by atoms with Gasteiger partial charge in [0, 0.05) is 12.1 Å². The van der Waals surface area contributed by atoms with Crippen LogP contribution in [0.4, 0.5) is 9.18 Å². The summed E-state index contributed by atoms with van der Waals surface area (Å²) < 4.78 is 45.4. The molecule has 2 fully saturated rings. The fourth-order valence-corrected chi connectivity index (χ4v) is 5.45. The fourth-order valence-electron chi connectivity index (χ4n) is 4.65. The molecule has 0 radical (unpaired) electrons. The molecule has 0 spiro atoms. The minimum Gasteiger partial charge on any atom is -0.465 e. The van der Waals surface area contributed by atoms with Crippen LogP contribution in [0.3, 0.4) is 0 Å². The van der Waals surface area contributed by atoms with Gasteiger partial charge in [0.15, 0.2) is 0 Å². The predicted molar refractivity (Wildman–Crippen MR) is 107 cm³/mol. The van der Waals surface area contributed by atoms with E-state index < -0.39 is 28.2 Å². The van der Waals surface area contributed by atoms with Gasteiger partial charge in [0.05, 0.1) is 25.0 Å². The van der Waals surface area contributed by atoms with Gasteiger partial charge in [-0.1, -0.05) is 12.1 Å². The molecule has 1 aromatic rings. The van der Waals surface area contributed by atoms with Crippen molar-refractivity contribution in [2.24, 2.45) is 0 Å². The Balaban J connectivity index is 1.58. The SMILES string of the molecule is C[C@@H]1C[C@H](NS(C)(=O)=O)[C@H](COC2CCC(c3cccc(F)c3)CC2)N1C(=O)O. The predicted octanol–water partition coefficient (Wildman–Crippen LogP) is 2.93. The molecule has 3 rings (SSSR count). The van der Waals surface area contributed by atoms with Crippen molar-refractivity contribution in [2.75, 3.05) is 12.9 Å². The van der Waals surface area contributed by atoms with E-state index in [0.717, 1.165) is 37.5 Å². The van der Waals surface area contributed by atoms with Crippen LogP contribution in [-0.4, -0.2) is 61.6 Å². The number of hydrogen-bond donors (Lipinski definition) is 2. The first-order valence-electron chi connectivity index (χ1n) is 9.99. The molecule has 2 aliphatic rings. The van der Waals surface area contributed by atoms with Gasteiger partial charge in [-0.3, -0.25) is 4.90 Å². The zero-order chi connectivity index (χ0) is 21.2. The molecule has 1 amide bonds. The fraction of sp³-hybridized carbons (Fsp3) is 0.650. The van der Waals surface area contributed by atoms with E-state index in [1.807, 2.05) is 6.07 Å². The molecule has 7 nitrogen and oxygen atoms in total. The average Bonchev–Trinajstić information content (AvgIpc) is 2.93.